The van der Waals surface area contributed by atoms with Gasteiger partial charge in [0.2, 0.25) is 5.91 Å². The van der Waals surface area contributed by atoms with E-state index in [9.17, 15) is 4.79 Å². The third kappa shape index (κ3) is 5.07. The molecule has 2 aromatic rings. The normalized spacial score (nSPS) is 22.4. The van der Waals surface area contributed by atoms with E-state index in [1.165, 1.54) is 50.8 Å². The Labute approximate surface area is 178 Å². The predicted octanol–water partition coefficient (Wildman–Crippen LogP) is 4.86. The molecule has 1 amide bonds. The van der Waals surface area contributed by atoms with Gasteiger partial charge in [0.25, 0.3) is 0 Å². The molecule has 2 aliphatic heterocycles. The molecule has 2 fully saturated rings. The molecule has 2 saturated heterocycles. The number of thiazole rings is 1. The van der Waals surface area contributed by atoms with Gasteiger partial charge in [0, 0.05) is 23.5 Å². The Morgan fingerprint density at radius 1 is 1.17 bits per heavy atom. The number of nitrogens with zero attached hydrogens (tertiary/aromatic N) is 2. The number of amides is 1. The first-order valence-electron chi connectivity index (χ1n) is 11.2. The second-order valence-electron chi connectivity index (χ2n) is 8.90. The van der Waals surface area contributed by atoms with Gasteiger partial charge in [0.15, 0.2) is 0 Å². The van der Waals surface area contributed by atoms with Crippen LogP contribution in [0.15, 0.2) is 29.6 Å². The van der Waals surface area contributed by atoms with E-state index in [1.807, 2.05) is 5.38 Å². The number of aromatic nitrogens is 1. The molecule has 5 heteroatoms. The zero-order chi connectivity index (χ0) is 20.2. The van der Waals surface area contributed by atoms with Crippen molar-refractivity contribution in [3.63, 3.8) is 0 Å². The zero-order valence-corrected chi connectivity index (χ0v) is 18.5. The summed E-state index contributed by atoms with van der Waals surface area (Å²) in [4.78, 5) is 19.9. The number of nitrogens with one attached hydrogen (secondary N) is 1. The van der Waals surface area contributed by atoms with Crippen LogP contribution < -0.4 is 5.32 Å². The fourth-order valence-corrected chi connectivity index (χ4v) is 5.64. The molecule has 2 atom stereocenters. The largest absolute Gasteiger partial charge is 0.355 e. The highest BCUT2D eigenvalue weighted by Crippen LogP contribution is 2.30. The number of rotatable bonds is 6. The second kappa shape index (κ2) is 9.40. The monoisotopic (exact) mass is 411 g/mol. The Kier molecular flexibility index (Phi) is 6.66. The van der Waals surface area contributed by atoms with Crippen molar-refractivity contribution >= 4 is 17.2 Å². The molecule has 0 radical (unpaired) electrons. The molecule has 1 aromatic heterocycles. The van der Waals surface area contributed by atoms with Crippen molar-refractivity contribution in [2.45, 2.75) is 64.3 Å². The van der Waals surface area contributed by atoms with Gasteiger partial charge in [0.05, 0.1) is 12.1 Å². The van der Waals surface area contributed by atoms with Gasteiger partial charge in [-0.3, -0.25) is 4.79 Å². The molecular weight excluding hydrogens is 378 g/mol. The van der Waals surface area contributed by atoms with Crippen LogP contribution >= 0.6 is 11.3 Å². The average molecular weight is 412 g/mol. The highest BCUT2D eigenvalue weighted by Gasteiger charge is 2.32. The van der Waals surface area contributed by atoms with Gasteiger partial charge >= 0.3 is 0 Å². The minimum Gasteiger partial charge on any atom is -0.355 e. The summed E-state index contributed by atoms with van der Waals surface area (Å²) in [6.07, 6.45) is 6.86. The Bertz CT molecular complexity index is 812. The smallest absolute Gasteiger partial charge is 0.226 e. The second-order valence-corrected chi connectivity index (χ2v) is 9.76. The lowest BCUT2D eigenvalue weighted by Crippen LogP contribution is -2.51. The SMILES string of the molecule is CC(C)c1ccc(-c2nc(CC(=O)NC[C@@H]3CCCN4CCCC[C@H]34)cs2)cc1. The van der Waals surface area contributed by atoms with Crippen LogP contribution in [0.1, 0.15) is 63.1 Å². The molecule has 0 bridgehead atoms. The van der Waals surface area contributed by atoms with Crippen LogP contribution in [0.5, 0.6) is 0 Å². The van der Waals surface area contributed by atoms with Gasteiger partial charge in [-0.15, -0.1) is 11.3 Å². The summed E-state index contributed by atoms with van der Waals surface area (Å²) in [6.45, 7) is 7.71. The van der Waals surface area contributed by atoms with E-state index in [2.05, 4.69) is 48.3 Å². The van der Waals surface area contributed by atoms with Gasteiger partial charge in [-0.1, -0.05) is 44.5 Å². The minimum absolute atomic E-state index is 0.102. The van der Waals surface area contributed by atoms with Crippen LogP contribution in [0, 0.1) is 5.92 Å². The zero-order valence-electron chi connectivity index (χ0n) is 17.7. The molecule has 4 nitrogen and oxygen atoms in total. The minimum atomic E-state index is 0.102. The molecule has 0 saturated carbocycles. The van der Waals surface area contributed by atoms with Gasteiger partial charge in [-0.25, -0.2) is 4.98 Å². The van der Waals surface area contributed by atoms with Crippen molar-refractivity contribution in [3.05, 3.63) is 40.9 Å². The van der Waals surface area contributed by atoms with Crippen molar-refractivity contribution in [1.82, 2.24) is 15.2 Å². The summed E-state index contributed by atoms with van der Waals surface area (Å²) in [6, 6.07) is 9.30. The number of fused-ring (bicyclic) bond motifs is 1. The summed E-state index contributed by atoms with van der Waals surface area (Å²) in [7, 11) is 0. The summed E-state index contributed by atoms with van der Waals surface area (Å²) >= 11 is 1.62. The molecule has 1 N–H and O–H groups in total. The van der Waals surface area contributed by atoms with E-state index in [0.29, 0.717) is 24.3 Å². The van der Waals surface area contributed by atoms with Crippen LogP contribution in [0.3, 0.4) is 0 Å². The molecule has 0 spiro atoms. The third-order valence-electron chi connectivity index (χ3n) is 6.51. The lowest BCUT2D eigenvalue weighted by Gasteiger charge is -2.44. The van der Waals surface area contributed by atoms with Gasteiger partial charge in [-0.2, -0.15) is 0 Å². The Balaban J connectivity index is 1.30. The molecule has 0 aliphatic carbocycles. The van der Waals surface area contributed by atoms with E-state index in [0.717, 1.165) is 22.8 Å². The average Bonchev–Trinajstić information content (AvgIpc) is 3.20. The molecule has 4 rings (SSSR count). The fourth-order valence-electron chi connectivity index (χ4n) is 4.82. The van der Waals surface area contributed by atoms with Crippen molar-refractivity contribution < 1.29 is 4.79 Å². The quantitative estimate of drug-likeness (QED) is 0.738. The molecule has 29 heavy (non-hydrogen) atoms. The van der Waals surface area contributed by atoms with Crippen LogP contribution in [0.2, 0.25) is 0 Å². The van der Waals surface area contributed by atoms with Crippen LogP contribution in [-0.2, 0) is 11.2 Å². The first-order chi connectivity index (χ1) is 14.1. The van der Waals surface area contributed by atoms with Gasteiger partial charge < -0.3 is 10.2 Å². The third-order valence-corrected chi connectivity index (χ3v) is 7.45. The van der Waals surface area contributed by atoms with E-state index >= 15 is 0 Å². The molecule has 0 unspecified atom stereocenters. The van der Waals surface area contributed by atoms with E-state index in [4.69, 9.17) is 4.98 Å². The summed E-state index contributed by atoms with van der Waals surface area (Å²) in [5.74, 6) is 1.24. The molecule has 2 aliphatic rings. The lowest BCUT2D eigenvalue weighted by atomic mass is 9.83. The highest BCUT2D eigenvalue weighted by molar-refractivity contribution is 7.13. The topological polar surface area (TPSA) is 45.2 Å². The maximum absolute atomic E-state index is 12.5. The van der Waals surface area contributed by atoms with Crippen molar-refractivity contribution in [2.24, 2.45) is 5.92 Å². The van der Waals surface area contributed by atoms with E-state index < -0.39 is 0 Å². The number of benzene rings is 1. The Morgan fingerprint density at radius 3 is 2.76 bits per heavy atom. The van der Waals surface area contributed by atoms with Gasteiger partial charge in [0.1, 0.15) is 5.01 Å². The molecule has 1 aromatic carbocycles. The summed E-state index contributed by atoms with van der Waals surface area (Å²) in [5.41, 5.74) is 3.34. The van der Waals surface area contributed by atoms with E-state index in [1.54, 1.807) is 11.3 Å². The number of carbonyl (C=O) groups is 1. The first-order valence-corrected chi connectivity index (χ1v) is 12.0. The molecular formula is C24H33N3OS. The van der Waals surface area contributed by atoms with Crippen molar-refractivity contribution in [3.8, 4) is 10.6 Å². The Morgan fingerprint density at radius 2 is 1.97 bits per heavy atom. The van der Waals surface area contributed by atoms with Crippen LogP contribution in [0.4, 0.5) is 0 Å². The molecule has 3 heterocycles. The lowest BCUT2D eigenvalue weighted by molar-refractivity contribution is -0.120. The maximum Gasteiger partial charge on any atom is 0.226 e. The van der Waals surface area contributed by atoms with Crippen molar-refractivity contribution in [1.29, 1.82) is 0 Å². The Hall–Kier alpha value is -1.72. The first kappa shape index (κ1) is 20.5. The number of hydrogen-bond donors (Lipinski definition) is 1. The number of hydrogen-bond acceptors (Lipinski definition) is 4. The van der Waals surface area contributed by atoms with Crippen LogP contribution in [-0.4, -0.2) is 41.5 Å². The number of piperidine rings is 2. The predicted molar refractivity (Wildman–Crippen MR) is 120 cm³/mol. The summed E-state index contributed by atoms with van der Waals surface area (Å²) < 4.78 is 0. The number of carbonyl (C=O) groups excluding carboxylic acids is 1. The maximum atomic E-state index is 12.5. The highest BCUT2D eigenvalue weighted by atomic mass is 32.1. The van der Waals surface area contributed by atoms with Gasteiger partial charge in [-0.05, 0) is 56.2 Å². The fraction of sp³-hybridized carbons (Fsp3) is 0.583. The van der Waals surface area contributed by atoms with Crippen molar-refractivity contribution in [2.75, 3.05) is 19.6 Å². The molecule has 156 valence electrons. The summed E-state index contributed by atoms with van der Waals surface area (Å²) in [5, 5.41) is 6.22. The standard InChI is InChI=1S/C24H33N3OS/c1-17(2)18-8-10-19(11-9-18)24-26-21(16-29-24)14-23(28)25-15-20-6-5-13-27-12-4-3-7-22(20)27/h8-11,16-17,20,22H,3-7,12-15H2,1-2H3,(H,25,28)/t20-,22+/m0/s1. The van der Waals surface area contributed by atoms with Crippen LogP contribution in [0.25, 0.3) is 10.6 Å². The van der Waals surface area contributed by atoms with E-state index in [-0.39, 0.29) is 5.91 Å².